The molecular formula is C9H8F2N4O6S2. The number of nitrogens with two attached hydrogens (primary N) is 1. The zero-order valence-electron chi connectivity index (χ0n) is 10.8. The standard InChI is InChI=1S/C9H8F2N4O6S2/c10-9-7(12)8(13-15(11)14-9)4-1-5(22(16,17)18)3-6(2-4)23(19,20)21/h1-3,14H,12H2,(H,16,17,18)(H,19,20,21). The van der Waals surface area contributed by atoms with Gasteiger partial charge >= 0.3 is 0 Å². The van der Waals surface area contributed by atoms with E-state index in [1.165, 1.54) is 5.43 Å². The Morgan fingerprint density at radius 1 is 1.09 bits per heavy atom. The Morgan fingerprint density at radius 3 is 2.00 bits per heavy atom. The van der Waals surface area contributed by atoms with E-state index in [0.717, 1.165) is 0 Å². The Balaban J connectivity index is 2.78. The van der Waals surface area contributed by atoms with E-state index in [4.69, 9.17) is 14.8 Å². The number of benzene rings is 1. The van der Waals surface area contributed by atoms with E-state index in [0.29, 0.717) is 18.2 Å². The second kappa shape index (κ2) is 5.41. The Hall–Kier alpha value is -2.29. The molecule has 0 aliphatic carbocycles. The Kier molecular flexibility index (Phi) is 4.02. The van der Waals surface area contributed by atoms with Crippen LogP contribution >= 0.6 is 0 Å². The molecule has 1 aliphatic heterocycles. The molecule has 0 unspecified atom stereocenters. The first-order valence-corrected chi connectivity index (χ1v) is 8.35. The molecule has 0 fully saturated rings. The summed E-state index contributed by atoms with van der Waals surface area (Å²) in [5.41, 5.74) is 4.87. The minimum atomic E-state index is -4.90. The van der Waals surface area contributed by atoms with Crippen molar-refractivity contribution in [3.8, 4) is 0 Å². The maximum atomic E-state index is 13.4. The van der Waals surface area contributed by atoms with Gasteiger partial charge in [-0.2, -0.15) is 21.2 Å². The minimum absolute atomic E-state index is 0.444. The van der Waals surface area contributed by atoms with Gasteiger partial charge in [0, 0.05) is 5.56 Å². The predicted octanol–water partition coefficient (Wildman–Crippen LogP) is -0.314. The molecule has 0 amide bonds. The molecule has 0 aromatic heterocycles. The molecule has 23 heavy (non-hydrogen) atoms. The van der Waals surface area contributed by atoms with Crippen molar-refractivity contribution in [3.05, 3.63) is 35.4 Å². The Morgan fingerprint density at radius 2 is 1.57 bits per heavy atom. The number of allylic oxidation sites excluding steroid dienone is 1. The van der Waals surface area contributed by atoms with Crippen LogP contribution in [0.15, 0.2) is 44.7 Å². The Bertz CT molecular complexity index is 891. The maximum absolute atomic E-state index is 13.4. The topological polar surface area (TPSA) is 162 Å². The van der Waals surface area contributed by atoms with Crippen molar-refractivity contribution >= 4 is 25.9 Å². The molecular weight excluding hydrogens is 362 g/mol. The highest BCUT2D eigenvalue weighted by Gasteiger charge is 2.25. The SMILES string of the molecule is NC1=C(F)NN(F)N=C1c1cc(S(=O)(=O)O)cc(S(=O)(=O)O)c1. The molecule has 0 bridgehead atoms. The van der Waals surface area contributed by atoms with E-state index >= 15 is 0 Å². The summed E-state index contributed by atoms with van der Waals surface area (Å²) in [7, 11) is -9.79. The molecule has 1 heterocycles. The highest BCUT2D eigenvalue weighted by molar-refractivity contribution is 7.86. The van der Waals surface area contributed by atoms with Gasteiger partial charge in [0.15, 0.2) is 0 Å². The van der Waals surface area contributed by atoms with Gasteiger partial charge in [-0.15, -0.1) is 5.10 Å². The smallest absolute Gasteiger partial charge is 0.294 e. The summed E-state index contributed by atoms with van der Waals surface area (Å²) in [4.78, 5) is -1.91. The highest BCUT2D eigenvalue weighted by atomic mass is 32.2. The minimum Gasteiger partial charge on any atom is -0.393 e. The van der Waals surface area contributed by atoms with Crippen LogP contribution in [0.3, 0.4) is 0 Å². The Labute approximate surface area is 128 Å². The van der Waals surface area contributed by atoms with E-state index in [1.54, 1.807) is 0 Å². The molecule has 0 radical (unpaired) electrons. The van der Waals surface area contributed by atoms with Crippen LogP contribution in [0.25, 0.3) is 0 Å². The van der Waals surface area contributed by atoms with Crippen molar-refractivity contribution in [3.63, 3.8) is 0 Å². The first-order chi connectivity index (χ1) is 10.4. The van der Waals surface area contributed by atoms with Gasteiger partial charge in [-0.3, -0.25) is 9.11 Å². The third kappa shape index (κ3) is 3.55. The van der Waals surface area contributed by atoms with Gasteiger partial charge in [0.1, 0.15) is 11.4 Å². The molecule has 0 saturated carbocycles. The van der Waals surface area contributed by atoms with E-state index in [9.17, 15) is 25.7 Å². The summed E-state index contributed by atoms with van der Waals surface area (Å²) >= 11 is 0. The summed E-state index contributed by atoms with van der Waals surface area (Å²) in [5.74, 6) is -1.37. The summed E-state index contributed by atoms with van der Waals surface area (Å²) in [6.45, 7) is 0. The molecule has 0 spiro atoms. The molecule has 5 N–H and O–H groups in total. The fraction of sp³-hybridized carbons (Fsp3) is 0. The number of nitrogens with one attached hydrogen (secondary N) is 1. The monoisotopic (exact) mass is 370 g/mol. The van der Waals surface area contributed by atoms with Crippen LogP contribution in [-0.4, -0.2) is 37.0 Å². The second-order valence-corrected chi connectivity index (χ2v) is 7.03. The fourth-order valence-corrected chi connectivity index (χ4v) is 2.81. The lowest BCUT2D eigenvalue weighted by Crippen LogP contribution is -2.35. The quantitative estimate of drug-likeness (QED) is 0.317. The van der Waals surface area contributed by atoms with E-state index < -0.39 is 58.3 Å². The van der Waals surface area contributed by atoms with Gasteiger partial charge in [-0.25, -0.2) is 5.43 Å². The van der Waals surface area contributed by atoms with E-state index in [-0.39, 0.29) is 0 Å². The number of nitrogens with zero attached hydrogens (tertiary/aromatic N) is 2. The third-order valence-corrected chi connectivity index (χ3v) is 4.28. The summed E-state index contributed by atoms with van der Waals surface area (Å²) in [6.07, 6.45) is 0. The van der Waals surface area contributed by atoms with Crippen molar-refractivity contribution in [2.75, 3.05) is 0 Å². The van der Waals surface area contributed by atoms with Crippen LogP contribution in [0.5, 0.6) is 0 Å². The normalized spacial score (nSPS) is 16.2. The lowest BCUT2D eigenvalue weighted by Gasteiger charge is -2.19. The molecule has 1 aromatic carbocycles. The van der Waals surface area contributed by atoms with Gasteiger partial charge in [-0.1, -0.05) is 4.48 Å². The molecule has 0 atom stereocenters. The van der Waals surface area contributed by atoms with Crippen LogP contribution in [0.1, 0.15) is 5.56 Å². The lowest BCUT2D eigenvalue weighted by atomic mass is 10.1. The number of hydrazine groups is 1. The zero-order chi connectivity index (χ0) is 17.6. The van der Waals surface area contributed by atoms with Crippen LogP contribution < -0.4 is 11.2 Å². The molecule has 14 heteroatoms. The van der Waals surface area contributed by atoms with Gasteiger partial charge in [0.25, 0.3) is 20.2 Å². The fourth-order valence-electron chi connectivity index (χ4n) is 1.63. The maximum Gasteiger partial charge on any atom is 0.294 e. The first-order valence-electron chi connectivity index (χ1n) is 5.47. The van der Waals surface area contributed by atoms with Gasteiger partial charge in [-0.05, 0) is 23.5 Å². The van der Waals surface area contributed by atoms with Gasteiger partial charge in [0.2, 0.25) is 5.95 Å². The van der Waals surface area contributed by atoms with Crippen LogP contribution in [-0.2, 0) is 20.2 Å². The zero-order valence-corrected chi connectivity index (χ0v) is 12.4. The summed E-state index contributed by atoms with van der Waals surface area (Å²) < 4.78 is 89.2. The van der Waals surface area contributed by atoms with Gasteiger partial charge < -0.3 is 5.73 Å². The average molecular weight is 370 g/mol. The van der Waals surface area contributed by atoms with E-state index in [1.807, 2.05) is 0 Å². The molecule has 10 nitrogen and oxygen atoms in total. The second-order valence-electron chi connectivity index (χ2n) is 4.19. The molecule has 0 saturated heterocycles. The number of hydrazone groups is 1. The van der Waals surface area contributed by atoms with Gasteiger partial charge in [0.05, 0.1) is 9.79 Å². The number of hydrogen-bond acceptors (Lipinski definition) is 8. The van der Waals surface area contributed by atoms with Crippen molar-refractivity contribution in [2.24, 2.45) is 10.8 Å². The number of hydrogen-bond donors (Lipinski definition) is 4. The molecule has 1 aromatic rings. The van der Waals surface area contributed by atoms with Crippen LogP contribution in [0.2, 0.25) is 0 Å². The van der Waals surface area contributed by atoms with Crippen LogP contribution in [0.4, 0.5) is 8.87 Å². The van der Waals surface area contributed by atoms with Crippen molar-refractivity contribution < 1.29 is 34.8 Å². The van der Waals surface area contributed by atoms with E-state index in [2.05, 4.69) is 5.10 Å². The molecule has 2 rings (SSSR count). The predicted molar refractivity (Wildman–Crippen MR) is 71.0 cm³/mol. The average Bonchev–Trinajstić information content (AvgIpc) is 2.40. The molecule has 126 valence electrons. The first kappa shape index (κ1) is 17.1. The summed E-state index contributed by atoms with van der Waals surface area (Å²) in [5, 5.41) is 2.54. The van der Waals surface area contributed by atoms with Crippen molar-refractivity contribution in [1.29, 1.82) is 0 Å². The lowest BCUT2D eigenvalue weighted by molar-refractivity contribution is -0.0283. The van der Waals surface area contributed by atoms with Crippen LogP contribution in [0, 0.1) is 0 Å². The third-order valence-electron chi connectivity index (χ3n) is 2.62. The van der Waals surface area contributed by atoms with Crippen molar-refractivity contribution in [2.45, 2.75) is 9.79 Å². The number of halogens is 2. The highest BCUT2D eigenvalue weighted by Crippen LogP contribution is 2.23. The summed E-state index contributed by atoms with van der Waals surface area (Å²) in [6, 6.07) is 1.78. The van der Waals surface area contributed by atoms with Crippen molar-refractivity contribution in [1.82, 2.24) is 10.8 Å². The molecule has 1 aliphatic rings. The largest absolute Gasteiger partial charge is 0.393 e. The number of rotatable bonds is 3.